The fourth-order valence-corrected chi connectivity index (χ4v) is 2.50. The molecule has 0 radical (unpaired) electrons. The van der Waals surface area contributed by atoms with Gasteiger partial charge in [0.1, 0.15) is 0 Å². The van der Waals surface area contributed by atoms with Crippen molar-refractivity contribution in [3.05, 3.63) is 34.7 Å². The van der Waals surface area contributed by atoms with E-state index in [0.717, 1.165) is 23.8 Å². The van der Waals surface area contributed by atoms with Gasteiger partial charge in [-0.15, -0.1) is 0 Å². The molecule has 1 aliphatic heterocycles. The second-order valence-corrected chi connectivity index (χ2v) is 4.12. The SMILES string of the molecule is O=C1CCNC2CC=c3ccccc3=C12. The average molecular weight is 199 g/mol. The summed E-state index contributed by atoms with van der Waals surface area (Å²) in [5.74, 6) is 0.319. The standard InChI is InChI=1S/C13H13NO/c15-12-7-8-14-11-6-5-9-3-1-2-4-10(9)13(11)12/h1-5,11,14H,6-8H2. The molecule has 2 nitrogen and oxygen atoms in total. The summed E-state index contributed by atoms with van der Waals surface area (Å²) in [6, 6.07) is 8.42. The van der Waals surface area contributed by atoms with Gasteiger partial charge in [-0.05, 0) is 16.9 Å². The highest BCUT2D eigenvalue weighted by Gasteiger charge is 2.26. The molecule has 76 valence electrons. The Bertz CT molecular complexity index is 530. The van der Waals surface area contributed by atoms with Crippen LogP contribution in [0.2, 0.25) is 0 Å². The Morgan fingerprint density at radius 3 is 3.07 bits per heavy atom. The maximum absolute atomic E-state index is 11.9. The predicted octanol–water partition coefficient (Wildman–Crippen LogP) is -0.0475. The van der Waals surface area contributed by atoms with E-state index in [4.69, 9.17) is 0 Å². The molecule has 1 fully saturated rings. The quantitative estimate of drug-likeness (QED) is 0.635. The molecule has 0 saturated carbocycles. The minimum atomic E-state index is 0.251. The van der Waals surface area contributed by atoms with E-state index in [-0.39, 0.29) is 6.04 Å². The second-order valence-electron chi connectivity index (χ2n) is 4.12. The lowest BCUT2D eigenvalue weighted by molar-refractivity contribution is -0.114. The number of ketones is 1. The van der Waals surface area contributed by atoms with E-state index in [1.165, 1.54) is 5.22 Å². The van der Waals surface area contributed by atoms with Gasteiger partial charge in [0, 0.05) is 24.6 Å². The first-order chi connectivity index (χ1) is 7.36. The summed E-state index contributed by atoms with van der Waals surface area (Å²) in [6.07, 6.45) is 3.80. The molecule has 0 aromatic heterocycles. The van der Waals surface area contributed by atoms with Gasteiger partial charge < -0.3 is 5.32 Å². The van der Waals surface area contributed by atoms with Crippen molar-refractivity contribution in [2.45, 2.75) is 18.9 Å². The number of benzene rings is 1. The molecular formula is C13H13NO. The van der Waals surface area contributed by atoms with E-state index >= 15 is 0 Å². The first kappa shape index (κ1) is 8.86. The third-order valence-electron chi connectivity index (χ3n) is 3.22. The molecule has 1 aliphatic carbocycles. The normalized spacial score (nSPS) is 24.1. The van der Waals surface area contributed by atoms with Crippen molar-refractivity contribution < 1.29 is 4.79 Å². The molecule has 2 heteroatoms. The molecule has 3 rings (SSSR count). The molecule has 1 unspecified atom stereocenters. The van der Waals surface area contributed by atoms with Crippen molar-refractivity contribution in [1.29, 1.82) is 0 Å². The van der Waals surface area contributed by atoms with E-state index in [2.05, 4.69) is 23.5 Å². The van der Waals surface area contributed by atoms with Crippen LogP contribution in [0.15, 0.2) is 24.3 Å². The van der Waals surface area contributed by atoms with Crippen LogP contribution in [-0.4, -0.2) is 18.4 Å². The van der Waals surface area contributed by atoms with Gasteiger partial charge >= 0.3 is 0 Å². The maximum Gasteiger partial charge on any atom is 0.162 e. The summed E-state index contributed by atoms with van der Waals surface area (Å²) in [4.78, 5) is 11.9. The predicted molar refractivity (Wildman–Crippen MR) is 59.6 cm³/mol. The maximum atomic E-state index is 11.9. The Labute approximate surface area is 88.3 Å². The number of rotatable bonds is 0. The number of Topliss-reactive ketones (excluding diaryl/α,β-unsaturated/α-hetero) is 1. The summed E-state index contributed by atoms with van der Waals surface area (Å²) in [5, 5.41) is 5.74. The van der Waals surface area contributed by atoms with Gasteiger partial charge in [0.05, 0.1) is 0 Å². The first-order valence-electron chi connectivity index (χ1n) is 5.42. The van der Waals surface area contributed by atoms with Crippen LogP contribution in [0.4, 0.5) is 0 Å². The van der Waals surface area contributed by atoms with Crippen LogP contribution in [0.1, 0.15) is 12.8 Å². The zero-order chi connectivity index (χ0) is 10.3. The molecule has 1 N–H and O–H groups in total. The summed E-state index contributed by atoms with van der Waals surface area (Å²) in [5.41, 5.74) is 0.999. The van der Waals surface area contributed by atoms with Gasteiger partial charge in [-0.1, -0.05) is 30.3 Å². The van der Waals surface area contributed by atoms with Gasteiger partial charge in [0.2, 0.25) is 0 Å². The van der Waals surface area contributed by atoms with Crippen LogP contribution in [0, 0.1) is 0 Å². The van der Waals surface area contributed by atoms with Crippen molar-refractivity contribution in [2.75, 3.05) is 6.54 Å². The fourth-order valence-electron chi connectivity index (χ4n) is 2.50. The van der Waals surface area contributed by atoms with Crippen molar-refractivity contribution in [3.63, 3.8) is 0 Å². The third-order valence-corrected chi connectivity index (χ3v) is 3.22. The molecule has 2 aliphatic rings. The Kier molecular flexibility index (Phi) is 1.96. The summed E-state index contributed by atoms with van der Waals surface area (Å²) in [7, 11) is 0. The van der Waals surface area contributed by atoms with Crippen molar-refractivity contribution in [1.82, 2.24) is 5.32 Å². The smallest absolute Gasteiger partial charge is 0.162 e. The lowest BCUT2D eigenvalue weighted by Gasteiger charge is -2.27. The van der Waals surface area contributed by atoms with Crippen LogP contribution in [0.5, 0.6) is 0 Å². The van der Waals surface area contributed by atoms with E-state index in [0.29, 0.717) is 12.2 Å². The van der Waals surface area contributed by atoms with Gasteiger partial charge in [0.25, 0.3) is 0 Å². The van der Waals surface area contributed by atoms with Gasteiger partial charge in [-0.2, -0.15) is 0 Å². The zero-order valence-electron chi connectivity index (χ0n) is 8.49. The molecule has 1 heterocycles. The third kappa shape index (κ3) is 1.33. The molecule has 0 amide bonds. The monoisotopic (exact) mass is 199 g/mol. The largest absolute Gasteiger partial charge is 0.309 e. The van der Waals surface area contributed by atoms with E-state index in [1.807, 2.05) is 12.1 Å². The summed E-state index contributed by atoms with van der Waals surface area (Å²) in [6.45, 7) is 0.822. The van der Waals surface area contributed by atoms with Crippen molar-refractivity contribution >= 4 is 17.4 Å². The minimum Gasteiger partial charge on any atom is -0.309 e. The average Bonchev–Trinajstić information content (AvgIpc) is 2.29. The minimum absolute atomic E-state index is 0.251. The Hall–Kier alpha value is -1.41. The molecule has 0 bridgehead atoms. The highest BCUT2D eigenvalue weighted by atomic mass is 16.1. The summed E-state index contributed by atoms with van der Waals surface area (Å²) >= 11 is 0. The number of hydrogen-bond acceptors (Lipinski definition) is 2. The molecule has 0 spiro atoms. The lowest BCUT2D eigenvalue weighted by atomic mass is 9.88. The van der Waals surface area contributed by atoms with Crippen LogP contribution < -0.4 is 15.8 Å². The van der Waals surface area contributed by atoms with E-state index in [9.17, 15) is 4.79 Å². The number of carbonyl (C=O) groups is 1. The number of nitrogens with one attached hydrogen (secondary N) is 1. The van der Waals surface area contributed by atoms with Gasteiger partial charge in [-0.3, -0.25) is 4.79 Å². The first-order valence-corrected chi connectivity index (χ1v) is 5.42. The second kappa shape index (κ2) is 3.31. The van der Waals surface area contributed by atoms with Gasteiger partial charge in [-0.25, -0.2) is 0 Å². The number of hydrogen-bond donors (Lipinski definition) is 1. The number of fused-ring (bicyclic) bond motifs is 2. The van der Waals surface area contributed by atoms with E-state index < -0.39 is 0 Å². The topological polar surface area (TPSA) is 29.1 Å². The lowest BCUT2D eigenvalue weighted by Crippen LogP contribution is -2.47. The molecule has 1 saturated heterocycles. The van der Waals surface area contributed by atoms with E-state index in [1.54, 1.807) is 0 Å². The molecule has 1 aromatic rings. The molecule has 15 heavy (non-hydrogen) atoms. The summed E-state index contributed by atoms with van der Waals surface area (Å²) < 4.78 is 0. The Balaban J connectivity index is 2.34. The Morgan fingerprint density at radius 1 is 1.27 bits per heavy atom. The Morgan fingerprint density at radius 2 is 2.13 bits per heavy atom. The van der Waals surface area contributed by atoms with Crippen LogP contribution in [0.3, 0.4) is 0 Å². The van der Waals surface area contributed by atoms with Gasteiger partial charge in [0.15, 0.2) is 5.78 Å². The molecular weight excluding hydrogens is 186 g/mol. The molecule has 1 atom stereocenters. The van der Waals surface area contributed by atoms with Crippen LogP contribution in [-0.2, 0) is 4.79 Å². The molecule has 1 aromatic carbocycles. The highest BCUT2D eigenvalue weighted by molar-refractivity contribution is 6.17. The fraction of sp³-hybridized carbons (Fsp3) is 0.308. The highest BCUT2D eigenvalue weighted by Crippen LogP contribution is 2.16. The number of piperidine rings is 1. The van der Waals surface area contributed by atoms with Crippen molar-refractivity contribution in [3.8, 4) is 0 Å². The van der Waals surface area contributed by atoms with Crippen LogP contribution in [0.25, 0.3) is 11.6 Å². The zero-order valence-corrected chi connectivity index (χ0v) is 8.49. The number of carbonyl (C=O) groups excluding carboxylic acids is 1. The van der Waals surface area contributed by atoms with Crippen molar-refractivity contribution in [2.24, 2.45) is 0 Å². The van der Waals surface area contributed by atoms with Crippen LogP contribution >= 0.6 is 0 Å².